The molecule has 2 saturated heterocycles. The predicted octanol–water partition coefficient (Wildman–Crippen LogP) is 0.539. The van der Waals surface area contributed by atoms with E-state index in [0.717, 1.165) is 45.4 Å². The van der Waals surface area contributed by atoms with Crippen molar-refractivity contribution >= 4 is 12.1 Å². The average Bonchev–Trinajstić information content (AvgIpc) is 2.84. The Balaban J connectivity index is 1.59. The Morgan fingerprint density at radius 3 is 2.69 bits per heavy atom. The van der Waals surface area contributed by atoms with Gasteiger partial charge in [-0.05, 0) is 59.3 Å². The SMILES string of the molecule is CCOC(=O)N1CCC(NC(N)=NCCCN2CCCN(C)CC2)CC1. The van der Waals surface area contributed by atoms with Gasteiger partial charge in [-0.1, -0.05) is 0 Å². The van der Waals surface area contributed by atoms with Crippen molar-refractivity contribution in [2.45, 2.75) is 38.6 Å². The smallest absolute Gasteiger partial charge is 0.409 e. The molecule has 150 valence electrons. The number of likely N-dealkylation sites (tertiary alicyclic amines) is 1. The van der Waals surface area contributed by atoms with E-state index in [1.807, 2.05) is 6.92 Å². The first-order chi connectivity index (χ1) is 12.6. The Morgan fingerprint density at radius 2 is 1.96 bits per heavy atom. The number of hydrogen-bond acceptors (Lipinski definition) is 5. The lowest BCUT2D eigenvalue weighted by atomic mass is 10.1. The van der Waals surface area contributed by atoms with Crippen LogP contribution in [0.4, 0.5) is 4.79 Å². The predicted molar refractivity (Wildman–Crippen MR) is 104 cm³/mol. The number of hydrogen-bond donors (Lipinski definition) is 2. The zero-order valence-corrected chi connectivity index (χ0v) is 16.5. The van der Waals surface area contributed by atoms with Crippen molar-refractivity contribution in [1.82, 2.24) is 20.0 Å². The van der Waals surface area contributed by atoms with Crippen molar-refractivity contribution in [1.29, 1.82) is 0 Å². The van der Waals surface area contributed by atoms with Crippen LogP contribution < -0.4 is 11.1 Å². The van der Waals surface area contributed by atoms with Crippen molar-refractivity contribution in [3.63, 3.8) is 0 Å². The van der Waals surface area contributed by atoms with Crippen LogP contribution in [0.5, 0.6) is 0 Å². The fourth-order valence-corrected chi connectivity index (χ4v) is 3.49. The van der Waals surface area contributed by atoms with Crippen molar-refractivity contribution in [3.05, 3.63) is 0 Å². The van der Waals surface area contributed by atoms with Gasteiger partial charge in [0, 0.05) is 38.8 Å². The molecule has 8 heteroatoms. The molecule has 0 atom stereocenters. The largest absolute Gasteiger partial charge is 0.450 e. The van der Waals surface area contributed by atoms with Gasteiger partial charge < -0.3 is 30.5 Å². The number of rotatable bonds is 6. The summed E-state index contributed by atoms with van der Waals surface area (Å²) in [5.74, 6) is 0.523. The van der Waals surface area contributed by atoms with Crippen LogP contribution in [0.1, 0.15) is 32.6 Å². The van der Waals surface area contributed by atoms with E-state index in [4.69, 9.17) is 10.5 Å². The number of carbonyl (C=O) groups is 1. The molecule has 2 aliphatic heterocycles. The van der Waals surface area contributed by atoms with Gasteiger partial charge in [0.25, 0.3) is 0 Å². The van der Waals surface area contributed by atoms with Crippen LogP contribution >= 0.6 is 0 Å². The number of likely N-dealkylation sites (N-methyl/N-ethyl adjacent to an activating group) is 1. The van der Waals surface area contributed by atoms with Crippen LogP contribution in [0.15, 0.2) is 4.99 Å². The molecule has 0 unspecified atom stereocenters. The number of aliphatic imine (C=N–C) groups is 1. The maximum atomic E-state index is 11.7. The molecule has 0 saturated carbocycles. The van der Waals surface area contributed by atoms with Gasteiger partial charge in [-0.15, -0.1) is 0 Å². The van der Waals surface area contributed by atoms with Gasteiger partial charge in [-0.3, -0.25) is 4.99 Å². The second-order valence-electron chi connectivity index (χ2n) is 7.22. The summed E-state index contributed by atoms with van der Waals surface area (Å²) in [6.07, 6.45) is 3.81. The zero-order chi connectivity index (χ0) is 18.8. The van der Waals surface area contributed by atoms with Crippen LogP contribution in [0.2, 0.25) is 0 Å². The van der Waals surface area contributed by atoms with Gasteiger partial charge in [-0.25, -0.2) is 4.79 Å². The standard InChI is InChI=1S/C18H36N6O2/c1-3-26-18(25)24-12-6-16(7-13-24)21-17(19)20-8-4-10-23-11-5-9-22(2)14-15-23/h16H,3-15H2,1-2H3,(H3,19,20,21). The lowest BCUT2D eigenvalue weighted by Gasteiger charge is -2.31. The van der Waals surface area contributed by atoms with Crippen LogP contribution in [0, 0.1) is 0 Å². The fourth-order valence-electron chi connectivity index (χ4n) is 3.49. The summed E-state index contributed by atoms with van der Waals surface area (Å²) in [6.45, 7) is 10.2. The number of nitrogens with one attached hydrogen (secondary N) is 1. The third-order valence-electron chi connectivity index (χ3n) is 5.10. The minimum atomic E-state index is -0.215. The monoisotopic (exact) mass is 368 g/mol. The third-order valence-corrected chi connectivity index (χ3v) is 5.10. The van der Waals surface area contributed by atoms with Gasteiger partial charge in [-0.2, -0.15) is 0 Å². The first-order valence-electron chi connectivity index (χ1n) is 9.97. The zero-order valence-electron chi connectivity index (χ0n) is 16.5. The van der Waals surface area contributed by atoms with Crippen molar-refractivity contribution < 1.29 is 9.53 Å². The summed E-state index contributed by atoms with van der Waals surface area (Å²) in [5.41, 5.74) is 6.02. The highest BCUT2D eigenvalue weighted by molar-refractivity contribution is 5.78. The molecule has 0 spiro atoms. The highest BCUT2D eigenvalue weighted by atomic mass is 16.6. The van der Waals surface area contributed by atoms with Gasteiger partial charge in [0.1, 0.15) is 0 Å². The molecule has 2 heterocycles. The summed E-state index contributed by atoms with van der Waals surface area (Å²) in [6, 6.07) is 0.283. The van der Waals surface area contributed by atoms with E-state index in [9.17, 15) is 4.79 Å². The summed E-state index contributed by atoms with van der Waals surface area (Å²) in [7, 11) is 2.19. The Labute approximate surface area is 157 Å². The van der Waals surface area contributed by atoms with Crippen molar-refractivity contribution in [2.24, 2.45) is 10.7 Å². The molecule has 2 rings (SSSR count). The molecule has 0 bridgehead atoms. The topological polar surface area (TPSA) is 86.4 Å². The number of piperidine rings is 1. The maximum Gasteiger partial charge on any atom is 0.409 e. The molecule has 0 aromatic carbocycles. The molecule has 8 nitrogen and oxygen atoms in total. The quantitative estimate of drug-likeness (QED) is 0.404. The van der Waals surface area contributed by atoms with E-state index >= 15 is 0 Å². The molecule has 2 fully saturated rings. The first-order valence-corrected chi connectivity index (χ1v) is 9.97. The van der Waals surface area contributed by atoms with Gasteiger partial charge in [0.2, 0.25) is 0 Å². The van der Waals surface area contributed by atoms with Crippen LogP contribution in [0.3, 0.4) is 0 Å². The number of carbonyl (C=O) groups excluding carboxylic acids is 1. The van der Waals surface area contributed by atoms with Crippen LogP contribution in [0.25, 0.3) is 0 Å². The van der Waals surface area contributed by atoms with E-state index < -0.39 is 0 Å². The third kappa shape index (κ3) is 7.37. The average molecular weight is 369 g/mol. The number of guanidine groups is 1. The highest BCUT2D eigenvalue weighted by Gasteiger charge is 2.23. The Bertz CT molecular complexity index is 451. The molecule has 26 heavy (non-hydrogen) atoms. The van der Waals surface area contributed by atoms with E-state index in [1.165, 1.54) is 19.5 Å². The van der Waals surface area contributed by atoms with Gasteiger partial charge in [0.15, 0.2) is 5.96 Å². The van der Waals surface area contributed by atoms with Gasteiger partial charge in [0.05, 0.1) is 6.61 Å². The lowest BCUT2D eigenvalue weighted by molar-refractivity contribution is 0.0963. The molecule has 0 radical (unpaired) electrons. The number of nitrogens with zero attached hydrogens (tertiary/aromatic N) is 4. The normalized spacial score (nSPS) is 21.5. The molecule has 1 amide bonds. The van der Waals surface area contributed by atoms with Crippen LogP contribution in [-0.2, 0) is 4.74 Å². The second kappa shape index (κ2) is 11.2. The molecule has 3 N–H and O–H groups in total. The Hall–Kier alpha value is -1.54. The number of nitrogens with two attached hydrogens (primary N) is 1. The second-order valence-corrected chi connectivity index (χ2v) is 7.22. The Morgan fingerprint density at radius 1 is 1.19 bits per heavy atom. The summed E-state index contributed by atoms with van der Waals surface area (Å²) < 4.78 is 5.04. The lowest BCUT2D eigenvalue weighted by Crippen LogP contribution is -2.48. The molecule has 0 aliphatic carbocycles. The van der Waals surface area contributed by atoms with E-state index in [2.05, 4.69) is 27.2 Å². The molecule has 0 aromatic rings. The molecular weight excluding hydrogens is 332 g/mol. The molecule has 2 aliphatic rings. The molecular formula is C18H36N6O2. The minimum Gasteiger partial charge on any atom is -0.450 e. The summed E-state index contributed by atoms with van der Waals surface area (Å²) >= 11 is 0. The highest BCUT2D eigenvalue weighted by Crippen LogP contribution is 2.11. The Kier molecular flexibility index (Phi) is 8.97. The van der Waals surface area contributed by atoms with E-state index in [-0.39, 0.29) is 12.1 Å². The molecule has 0 aromatic heterocycles. The number of amides is 1. The van der Waals surface area contributed by atoms with Crippen molar-refractivity contribution in [2.75, 3.05) is 66.0 Å². The first kappa shape index (κ1) is 20.8. The summed E-state index contributed by atoms with van der Waals surface area (Å²) in [5, 5.41) is 3.29. The van der Waals surface area contributed by atoms with E-state index in [1.54, 1.807) is 4.90 Å². The number of ether oxygens (including phenoxy) is 1. The maximum absolute atomic E-state index is 11.7. The van der Waals surface area contributed by atoms with Gasteiger partial charge >= 0.3 is 6.09 Å². The minimum absolute atomic E-state index is 0.215. The van der Waals surface area contributed by atoms with Crippen LogP contribution in [-0.4, -0.2) is 98.8 Å². The fraction of sp³-hybridized carbons (Fsp3) is 0.889. The summed E-state index contributed by atoms with van der Waals surface area (Å²) in [4.78, 5) is 22.8. The van der Waals surface area contributed by atoms with E-state index in [0.29, 0.717) is 25.7 Å². The van der Waals surface area contributed by atoms with Crippen molar-refractivity contribution in [3.8, 4) is 0 Å².